The first-order chi connectivity index (χ1) is 10.7. The van der Waals surface area contributed by atoms with Gasteiger partial charge in [-0.15, -0.1) is 0 Å². The highest BCUT2D eigenvalue weighted by molar-refractivity contribution is 5.77. The average molecular weight is 305 g/mol. The van der Waals surface area contributed by atoms with E-state index in [9.17, 15) is 4.79 Å². The molecule has 0 radical (unpaired) electrons. The molecule has 1 amide bonds. The second kappa shape index (κ2) is 8.76. The number of likely N-dealkylation sites (N-methyl/N-ethyl adjacent to an activating group) is 1. The monoisotopic (exact) mass is 305 g/mol. The van der Waals surface area contributed by atoms with Crippen LogP contribution in [0, 0.1) is 6.92 Å². The maximum atomic E-state index is 11.3. The Morgan fingerprint density at radius 2 is 1.77 bits per heavy atom. The second-order valence-electron chi connectivity index (χ2n) is 5.81. The summed E-state index contributed by atoms with van der Waals surface area (Å²) in [7, 11) is 1.69. The van der Waals surface area contributed by atoms with Gasteiger partial charge < -0.3 is 15.0 Å². The van der Waals surface area contributed by atoms with Crippen molar-refractivity contribution in [2.75, 3.05) is 52.9 Å². The van der Waals surface area contributed by atoms with E-state index >= 15 is 0 Å². The number of carbonyl (C=O) groups is 1. The molecule has 0 unspecified atom stereocenters. The lowest BCUT2D eigenvalue weighted by Crippen LogP contribution is -2.49. The molecule has 0 saturated carbocycles. The van der Waals surface area contributed by atoms with Crippen molar-refractivity contribution >= 4 is 5.91 Å². The fourth-order valence-corrected chi connectivity index (χ4v) is 2.57. The lowest BCUT2D eigenvalue weighted by atomic mass is 10.2. The quantitative estimate of drug-likeness (QED) is 0.767. The van der Waals surface area contributed by atoms with Gasteiger partial charge in [0.2, 0.25) is 5.91 Å². The van der Waals surface area contributed by atoms with Crippen LogP contribution in [-0.4, -0.2) is 68.6 Å². The normalized spacial score (nSPS) is 16.5. The molecule has 2 rings (SSSR count). The Labute approximate surface area is 133 Å². The first-order valence-electron chi connectivity index (χ1n) is 8.02. The molecule has 1 saturated heterocycles. The minimum absolute atomic E-state index is 0.0972. The number of piperazine rings is 1. The molecule has 1 aromatic carbocycles. The summed E-state index contributed by atoms with van der Waals surface area (Å²) in [5.41, 5.74) is 1.25. The summed E-state index contributed by atoms with van der Waals surface area (Å²) in [4.78, 5) is 16.0. The third-order valence-corrected chi connectivity index (χ3v) is 4.02. The van der Waals surface area contributed by atoms with Gasteiger partial charge in [0.1, 0.15) is 5.75 Å². The van der Waals surface area contributed by atoms with E-state index in [4.69, 9.17) is 4.74 Å². The standard InChI is InChI=1S/C17H27N3O2/c1-15-4-6-16(7-5-15)22-13-3-8-19-9-11-20(12-10-19)14-17(21)18-2/h4-7H,3,8-14H2,1-2H3,(H,18,21). The fourth-order valence-electron chi connectivity index (χ4n) is 2.57. The number of ether oxygens (including phenoxy) is 1. The van der Waals surface area contributed by atoms with Gasteiger partial charge >= 0.3 is 0 Å². The van der Waals surface area contributed by atoms with Crippen LogP contribution >= 0.6 is 0 Å². The van der Waals surface area contributed by atoms with E-state index in [2.05, 4.69) is 34.2 Å². The first-order valence-corrected chi connectivity index (χ1v) is 8.02. The summed E-state index contributed by atoms with van der Waals surface area (Å²) < 4.78 is 5.75. The molecule has 1 aliphatic heterocycles. The van der Waals surface area contributed by atoms with Gasteiger partial charge in [-0.3, -0.25) is 9.69 Å². The van der Waals surface area contributed by atoms with Gasteiger partial charge in [-0.1, -0.05) is 17.7 Å². The number of nitrogens with zero attached hydrogens (tertiary/aromatic N) is 2. The Morgan fingerprint density at radius 3 is 2.41 bits per heavy atom. The van der Waals surface area contributed by atoms with Crippen LogP contribution in [0.25, 0.3) is 0 Å². The number of nitrogens with one attached hydrogen (secondary N) is 1. The van der Waals surface area contributed by atoms with Crippen LogP contribution < -0.4 is 10.1 Å². The molecule has 0 aliphatic carbocycles. The van der Waals surface area contributed by atoms with Crippen molar-refractivity contribution in [1.82, 2.24) is 15.1 Å². The first kappa shape index (κ1) is 16.8. The van der Waals surface area contributed by atoms with Crippen molar-refractivity contribution in [3.05, 3.63) is 29.8 Å². The van der Waals surface area contributed by atoms with E-state index in [1.165, 1.54) is 5.56 Å². The molecule has 122 valence electrons. The van der Waals surface area contributed by atoms with Gasteiger partial charge in [0, 0.05) is 39.8 Å². The summed E-state index contributed by atoms with van der Waals surface area (Å²) in [6.07, 6.45) is 1.03. The number of aryl methyl sites for hydroxylation is 1. The summed E-state index contributed by atoms with van der Waals surface area (Å²) in [6.45, 7) is 8.39. The number of hydrogen-bond donors (Lipinski definition) is 1. The summed E-state index contributed by atoms with van der Waals surface area (Å²) in [5.74, 6) is 1.04. The highest BCUT2D eigenvalue weighted by Crippen LogP contribution is 2.11. The number of benzene rings is 1. The lowest BCUT2D eigenvalue weighted by Gasteiger charge is -2.34. The van der Waals surface area contributed by atoms with Gasteiger partial charge in [-0.2, -0.15) is 0 Å². The van der Waals surface area contributed by atoms with Crippen molar-refractivity contribution in [2.24, 2.45) is 0 Å². The summed E-state index contributed by atoms with van der Waals surface area (Å²) in [6, 6.07) is 8.18. The predicted octanol–water partition coefficient (Wildman–Crippen LogP) is 1.13. The van der Waals surface area contributed by atoms with Crippen molar-refractivity contribution in [3.8, 4) is 5.75 Å². The Kier molecular flexibility index (Phi) is 6.68. The molecule has 22 heavy (non-hydrogen) atoms. The van der Waals surface area contributed by atoms with Crippen molar-refractivity contribution in [2.45, 2.75) is 13.3 Å². The Morgan fingerprint density at radius 1 is 1.14 bits per heavy atom. The minimum Gasteiger partial charge on any atom is -0.494 e. The van der Waals surface area contributed by atoms with Crippen molar-refractivity contribution in [1.29, 1.82) is 0 Å². The van der Waals surface area contributed by atoms with E-state index in [1.807, 2.05) is 12.1 Å². The Balaban J connectivity index is 1.57. The van der Waals surface area contributed by atoms with Gasteiger partial charge in [0.25, 0.3) is 0 Å². The average Bonchev–Trinajstić information content (AvgIpc) is 2.54. The van der Waals surface area contributed by atoms with Gasteiger partial charge in [-0.05, 0) is 25.5 Å². The molecule has 0 bridgehead atoms. The third-order valence-electron chi connectivity index (χ3n) is 4.02. The molecule has 5 heteroatoms. The fraction of sp³-hybridized carbons (Fsp3) is 0.588. The molecule has 1 aliphatic rings. The Bertz CT molecular complexity index is 453. The van der Waals surface area contributed by atoms with Crippen LogP contribution in [0.3, 0.4) is 0 Å². The smallest absolute Gasteiger partial charge is 0.233 e. The highest BCUT2D eigenvalue weighted by Gasteiger charge is 2.17. The molecule has 1 fully saturated rings. The van der Waals surface area contributed by atoms with Crippen molar-refractivity contribution < 1.29 is 9.53 Å². The van der Waals surface area contributed by atoms with Crippen LogP contribution in [0.15, 0.2) is 24.3 Å². The molecule has 5 nitrogen and oxygen atoms in total. The van der Waals surface area contributed by atoms with Gasteiger partial charge in [0.15, 0.2) is 0 Å². The Hall–Kier alpha value is -1.59. The molecule has 0 aromatic heterocycles. The molecule has 1 heterocycles. The van der Waals surface area contributed by atoms with Crippen LogP contribution in [0.2, 0.25) is 0 Å². The van der Waals surface area contributed by atoms with Crippen LogP contribution in [-0.2, 0) is 4.79 Å². The van der Waals surface area contributed by atoms with Gasteiger partial charge in [-0.25, -0.2) is 0 Å². The summed E-state index contributed by atoms with van der Waals surface area (Å²) in [5, 5.41) is 2.67. The number of hydrogen-bond acceptors (Lipinski definition) is 4. The summed E-state index contributed by atoms with van der Waals surface area (Å²) >= 11 is 0. The maximum absolute atomic E-state index is 11.3. The van der Waals surface area contributed by atoms with E-state index in [0.29, 0.717) is 6.54 Å². The van der Waals surface area contributed by atoms with E-state index in [-0.39, 0.29) is 5.91 Å². The maximum Gasteiger partial charge on any atom is 0.233 e. The van der Waals surface area contributed by atoms with E-state index in [1.54, 1.807) is 7.05 Å². The minimum atomic E-state index is 0.0972. The predicted molar refractivity (Wildman–Crippen MR) is 88.2 cm³/mol. The van der Waals surface area contributed by atoms with E-state index < -0.39 is 0 Å². The molecule has 1 N–H and O–H groups in total. The SMILES string of the molecule is CNC(=O)CN1CCN(CCCOc2ccc(C)cc2)CC1. The number of amides is 1. The van der Waals surface area contributed by atoms with Gasteiger partial charge in [0.05, 0.1) is 13.2 Å². The number of rotatable bonds is 7. The van der Waals surface area contributed by atoms with Crippen LogP contribution in [0.5, 0.6) is 5.75 Å². The van der Waals surface area contributed by atoms with E-state index in [0.717, 1.165) is 51.5 Å². The molecule has 1 aromatic rings. The second-order valence-corrected chi connectivity index (χ2v) is 5.81. The largest absolute Gasteiger partial charge is 0.494 e. The van der Waals surface area contributed by atoms with Crippen LogP contribution in [0.1, 0.15) is 12.0 Å². The highest BCUT2D eigenvalue weighted by atomic mass is 16.5. The molecular formula is C17H27N3O2. The van der Waals surface area contributed by atoms with Crippen molar-refractivity contribution in [3.63, 3.8) is 0 Å². The third kappa shape index (κ3) is 5.66. The van der Waals surface area contributed by atoms with Crippen LogP contribution in [0.4, 0.5) is 0 Å². The lowest BCUT2D eigenvalue weighted by molar-refractivity contribution is -0.122. The zero-order valence-electron chi connectivity index (χ0n) is 13.7. The molecule has 0 atom stereocenters. The zero-order valence-corrected chi connectivity index (χ0v) is 13.7. The topological polar surface area (TPSA) is 44.8 Å². The molecule has 0 spiro atoms. The number of carbonyl (C=O) groups excluding carboxylic acids is 1. The molecular weight excluding hydrogens is 278 g/mol. The zero-order chi connectivity index (χ0) is 15.8.